The van der Waals surface area contributed by atoms with Crippen LogP contribution in [-0.2, 0) is 46.4 Å². The first-order chi connectivity index (χ1) is 19.4. The summed E-state index contributed by atoms with van der Waals surface area (Å²) in [5.41, 5.74) is 7.51. The van der Waals surface area contributed by atoms with Gasteiger partial charge >= 0.3 is 0 Å². The third-order valence-electron chi connectivity index (χ3n) is 7.23. The van der Waals surface area contributed by atoms with E-state index in [1.807, 2.05) is 13.8 Å². The third-order valence-corrected chi connectivity index (χ3v) is 9.95. The normalized spacial score (nSPS) is 14.2. The maximum Gasteiger partial charge on any atom is 0.0731 e. The van der Waals surface area contributed by atoms with Crippen molar-refractivity contribution in [1.82, 2.24) is 0 Å². The van der Waals surface area contributed by atoms with Crippen molar-refractivity contribution in [2.75, 3.05) is 0 Å². The lowest BCUT2D eigenvalue weighted by Gasteiger charge is -2.26. The van der Waals surface area contributed by atoms with Gasteiger partial charge in [0.2, 0.25) is 0 Å². The highest BCUT2D eigenvalue weighted by molar-refractivity contribution is 8.76. The van der Waals surface area contributed by atoms with Crippen molar-refractivity contribution in [3.8, 4) is 0 Å². The number of ether oxygens (including phenoxy) is 2. The molecular weight excluding hydrogens is 561 g/mol. The number of aliphatic hydroxyl groups excluding tert-OH is 2. The Morgan fingerprint density at radius 1 is 0.571 bits per heavy atom. The second-order valence-electron chi connectivity index (χ2n) is 14.4. The van der Waals surface area contributed by atoms with E-state index in [-0.39, 0.29) is 35.2 Å². The monoisotopic (exact) mass is 618 g/mol. The van der Waals surface area contributed by atoms with Gasteiger partial charge < -0.3 is 19.7 Å². The maximum absolute atomic E-state index is 10.2. The molecule has 0 heterocycles. The van der Waals surface area contributed by atoms with Crippen LogP contribution in [-0.4, -0.2) is 34.6 Å². The van der Waals surface area contributed by atoms with Crippen LogP contribution < -0.4 is 0 Å². The summed E-state index contributed by atoms with van der Waals surface area (Å²) in [6.07, 6.45) is 2.58. The van der Waals surface area contributed by atoms with Crippen molar-refractivity contribution in [3.05, 3.63) is 57.6 Å². The van der Waals surface area contributed by atoms with E-state index in [0.29, 0.717) is 26.1 Å². The van der Waals surface area contributed by atoms with Gasteiger partial charge in [-0.25, -0.2) is 0 Å². The SMILES string of the molecule is CC(O)CCc1cc(C(C)(C)C)cc(CCC(C)O)c1SSc1c(COC(C)C)cc(C(C)(C)C)cc1COC(C)C. The van der Waals surface area contributed by atoms with Crippen LogP contribution in [0, 0.1) is 0 Å². The van der Waals surface area contributed by atoms with Gasteiger partial charge in [-0.15, -0.1) is 0 Å². The second-order valence-corrected chi connectivity index (χ2v) is 16.6. The van der Waals surface area contributed by atoms with Gasteiger partial charge in [0.25, 0.3) is 0 Å². The molecule has 0 amide bonds. The summed E-state index contributed by atoms with van der Waals surface area (Å²) in [6, 6.07) is 9.31. The molecule has 2 aromatic carbocycles. The molecule has 4 nitrogen and oxygen atoms in total. The van der Waals surface area contributed by atoms with E-state index in [2.05, 4.69) is 93.5 Å². The Balaban J connectivity index is 2.69. The molecule has 0 saturated carbocycles. The fourth-order valence-electron chi connectivity index (χ4n) is 4.50. The Hall–Kier alpha value is -1.02. The first kappa shape index (κ1) is 37.2. The molecule has 2 unspecified atom stereocenters. The van der Waals surface area contributed by atoms with E-state index < -0.39 is 0 Å². The summed E-state index contributed by atoms with van der Waals surface area (Å²) < 4.78 is 12.4. The molecule has 0 aliphatic carbocycles. The highest BCUT2D eigenvalue weighted by atomic mass is 33.1. The fourth-order valence-corrected chi connectivity index (χ4v) is 7.44. The van der Waals surface area contributed by atoms with Crippen molar-refractivity contribution in [1.29, 1.82) is 0 Å². The van der Waals surface area contributed by atoms with Gasteiger partial charge in [0.05, 0.1) is 37.6 Å². The molecule has 6 heteroatoms. The lowest BCUT2D eigenvalue weighted by molar-refractivity contribution is 0.0599. The molecule has 0 spiro atoms. The van der Waals surface area contributed by atoms with Gasteiger partial charge in [0, 0.05) is 9.79 Å². The van der Waals surface area contributed by atoms with Gasteiger partial charge in [0.15, 0.2) is 0 Å². The van der Waals surface area contributed by atoms with Gasteiger partial charge in [-0.1, -0.05) is 87.4 Å². The number of hydrogen-bond donors (Lipinski definition) is 2. The van der Waals surface area contributed by atoms with Crippen LogP contribution in [0.25, 0.3) is 0 Å². The molecule has 0 fully saturated rings. The van der Waals surface area contributed by atoms with Crippen molar-refractivity contribution >= 4 is 21.6 Å². The summed E-state index contributed by atoms with van der Waals surface area (Å²) in [7, 11) is 3.59. The van der Waals surface area contributed by atoms with Crippen molar-refractivity contribution in [3.63, 3.8) is 0 Å². The molecule has 2 atom stereocenters. The highest BCUT2D eigenvalue weighted by Gasteiger charge is 2.23. The zero-order valence-corrected chi connectivity index (χ0v) is 30.0. The summed E-state index contributed by atoms with van der Waals surface area (Å²) in [5.74, 6) is 0. The summed E-state index contributed by atoms with van der Waals surface area (Å²) in [6.45, 7) is 26.7. The van der Waals surface area contributed by atoms with Crippen LogP contribution in [0.1, 0.15) is 129 Å². The smallest absolute Gasteiger partial charge is 0.0731 e. The number of benzene rings is 2. The minimum Gasteiger partial charge on any atom is -0.393 e. The largest absolute Gasteiger partial charge is 0.393 e. The van der Waals surface area contributed by atoms with Crippen LogP contribution in [0.15, 0.2) is 34.1 Å². The average molecular weight is 619 g/mol. The van der Waals surface area contributed by atoms with E-state index in [1.54, 1.807) is 21.6 Å². The van der Waals surface area contributed by atoms with Gasteiger partial charge in [0.1, 0.15) is 0 Å². The molecule has 2 aromatic rings. The number of aliphatic hydroxyl groups is 2. The second kappa shape index (κ2) is 16.3. The molecule has 2 N–H and O–H groups in total. The van der Waals surface area contributed by atoms with Crippen LogP contribution in [0.5, 0.6) is 0 Å². The minimum absolute atomic E-state index is 0.000598. The molecule has 42 heavy (non-hydrogen) atoms. The number of rotatable bonds is 15. The molecule has 0 aliphatic rings. The van der Waals surface area contributed by atoms with E-state index in [1.165, 1.54) is 43.2 Å². The minimum atomic E-state index is -0.362. The Morgan fingerprint density at radius 3 is 1.17 bits per heavy atom. The number of hydrogen-bond acceptors (Lipinski definition) is 6. The number of aryl methyl sites for hydroxylation is 2. The zero-order chi connectivity index (χ0) is 31.8. The Kier molecular flexibility index (Phi) is 14.5. The van der Waals surface area contributed by atoms with Crippen LogP contribution in [0.4, 0.5) is 0 Å². The molecule has 0 aliphatic heterocycles. The van der Waals surface area contributed by atoms with E-state index in [9.17, 15) is 10.2 Å². The van der Waals surface area contributed by atoms with E-state index >= 15 is 0 Å². The standard InChI is InChI=1S/C36H58O4S2/c1-23(2)39-21-29-19-32(36(10,11)12)20-30(22-40-24(3)4)34(29)42-41-33-27(15-13-25(5)37)17-31(35(7,8)9)18-28(33)16-14-26(6)38/h17-20,23-26,37-38H,13-16,21-22H2,1-12H3. The Labute approximate surface area is 265 Å². The first-order valence-electron chi connectivity index (χ1n) is 15.6. The predicted octanol–water partition coefficient (Wildman–Crippen LogP) is 9.56. The van der Waals surface area contributed by atoms with Crippen LogP contribution in [0.3, 0.4) is 0 Å². The molecule has 2 rings (SSSR count). The highest BCUT2D eigenvalue weighted by Crippen LogP contribution is 2.47. The van der Waals surface area contributed by atoms with Gasteiger partial charge in [-0.2, -0.15) is 0 Å². The molecule has 238 valence electrons. The van der Waals surface area contributed by atoms with E-state index in [4.69, 9.17) is 9.47 Å². The zero-order valence-electron chi connectivity index (χ0n) is 28.4. The summed E-state index contributed by atoms with van der Waals surface area (Å²) >= 11 is 0. The molecule has 0 saturated heterocycles. The van der Waals surface area contributed by atoms with Crippen molar-refractivity contribution in [2.45, 2.75) is 167 Å². The predicted molar refractivity (Wildman–Crippen MR) is 182 cm³/mol. The molecule has 0 bridgehead atoms. The molecule has 0 aromatic heterocycles. The maximum atomic E-state index is 10.2. The van der Waals surface area contributed by atoms with E-state index in [0.717, 1.165) is 12.8 Å². The quantitative estimate of drug-likeness (QED) is 0.194. The average Bonchev–Trinajstić information content (AvgIpc) is 2.85. The van der Waals surface area contributed by atoms with Gasteiger partial charge in [-0.05, 0) is 111 Å². The van der Waals surface area contributed by atoms with Crippen LogP contribution >= 0.6 is 21.6 Å². The fraction of sp³-hybridized carbons (Fsp3) is 0.667. The topological polar surface area (TPSA) is 58.9 Å². The molecule has 0 radical (unpaired) electrons. The summed E-state index contributed by atoms with van der Waals surface area (Å²) in [5, 5.41) is 20.4. The molecular formula is C36H58O4S2. The first-order valence-corrected chi connectivity index (χ1v) is 17.8. The summed E-state index contributed by atoms with van der Waals surface area (Å²) in [4.78, 5) is 2.46. The van der Waals surface area contributed by atoms with Crippen LogP contribution in [0.2, 0.25) is 0 Å². The van der Waals surface area contributed by atoms with Gasteiger partial charge in [-0.3, -0.25) is 0 Å². The van der Waals surface area contributed by atoms with Crippen molar-refractivity contribution in [2.24, 2.45) is 0 Å². The Morgan fingerprint density at radius 2 is 0.881 bits per heavy atom. The Bertz CT molecular complexity index is 969. The van der Waals surface area contributed by atoms with Crippen molar-refractivity contribution < 1.29 is 19.7 Å². The lowest BCUT2D eigenvalue weighted by atomic mass is 9.83. The lowest BCUT2D eigenvalue weighted by Crippen LogP contribution is -2.15. The third kappa shape index (κ3) is 12.2.